The zero-order valence-corrected chi connectivity index (χ0v) is 11.2. The number of hydrogen-bond acceptors (Lipinski definition) is 1. The molecule has 0 atom stereocenters. The van der Waals surface area contributed by atoms with E-state index >= 15 is 0 Å². The molecule has 65 valence electrons. The first-order valence-corrected chi connectivity index (χ1v) is 3.52. The van der Waals surface area contributed by atoms with Gasteiger partial charge in [0.2, 0.25) is 0 Å². The molecule has 0 N–H and O–H groups in total. The Kier molecular flexibility index (Phi) is 7.16. The first-order chi connectivity index (χ1) is 4.61. The largest absolute Gasteiger partial charge is 0.358 e. The summed E-state index contributed by atoms with van der Waals surface area (Å²) in [5, 5.41) is 0. The molecule has 1 heterocycles. The Morgan fingerprint density at radius 3 is 2.00 bits per heavy atom. The van der Waals surface area contributed by atoms with E-state index in [9.17, 15) is 0 Å². The third kappa shape index (κ3) is 4.32. The first-order valence-electron chi connectivity index (χ1n) is 3.52. The number of nitrogens with zero attached hydrogens (tertiary/aromatic N) is 1. The maximum absolute atomic E-state index is 4.25. The standard InChI is InChI=1S/C9H13N.CH3.Y/c1-9(2,3)8-6-4-5-7-10-8;;/h4-7H,1-3H3;1H3;/q;-1;. The van der Waals surface area contributed by atoms with Crippen LogP contribution in [-0.4, -0.2) is 4.98 Å². The van der Waals surface area contributed by atoms with Crippen molar-refractivity contribution in [1.29, 1.82) is 0 Å². The Bertz CT molecular complexity index is 201. The second-order valence-electron chi connectivity index (χ2n) is 3.46. The van der Waals surface area contributed by atoms with E-state index in [1.807, 2.05) is 18.3 Å². The predicted molar refractivity (Wildman–Crippen MR) is 49.4 cm³/mol. The van der Waals surface area contributed by atoms with Gasteiger partial charge in [-0.3, -0.25) is 4.98 Å². The Morgan fingerprint density at radius 2 is 1.75 bits per heavy atom. The Labute approximate surface area is 101 Å². The molecule has 1 radical (unpaired) electrons. The van der Waals surface area contributed by atoms with Crippen LogP contribution in [0.25, 0.3) is 0 Å². The molecule has 1 nitrogen and oxygen atoms in total. The fourth-order valence-corrected chi connectivity index (χ4v) is 0.806. The number of hydrogen-bond donors (Lipinski definition) is 0. The summed E-state index contributed by atoms with van der Waals surface area (Å²) >= 11 is 0. The normalized spacial score (nSPS) is 9.58. The second kappa shape index (κ2) is 5.82. The quantitative estimate of drug-likeness (QED) is 0.634. The fourth-order valence-electron chi connectivity index (χ4n) is 0.806. The molecule has 0 aromatic carbocycles. The van der Waals surface area contributed by atoms with Crippen LogP contribution >= 0.6 is 0 Å². The molecule has 12 heavy (non-hydrogen) atoms. The minimum Gasteiger partial charge on any atom is -0.358 e. The van der Waals surface area contributed by atoms with Gasteiger partial charge in [-0.05, 0) is 12.1 Å². The van der Waals surface area contributed by atoms with Crippen molar-refractivity contribution in [2.45, 2.75) is 26.2 Å². The summed E-state index contributed by atoms with van der Waals surface area (Å²) in [7, 11) is 0. The summed E-state index contributed by atoms with van der Waals surface area (Å²) in [6.07, 6.45) is 1.83. The summed E-state index contributed by atoms with van der Waals surface area (Å²) in [4.78, 5) is 4.25. The van der Waals surface area contributed by atoms with Gasteiger partial charge in [-0.15, -0.1) is 0 Å². The summed E-state index contributed by atoms with van der Waals surface area (Å²) in [5.74, 6) is 0. The smallest absolute Gasteiger partial charge is 0.0457 e. The van der Waals surface area contributed by atoms with Crippen molar-refractivity contribution < 1.29 is 32.7 Å². The van der Waals surface area contributed by atoms with Gasteiger partial charge >= 0.3 is 0 Å². The van der Waals surface area contributed by atoms with Crippen LogP contribution in [0.15, 0.2) is 24.4 Å². The molecule has 0 saturated carbocycles. The minimum atomic E-state index is 0. The monoisotopic (exact) mass is 239 g/mol. The molecule has 0 unspecified atom stereocenters. The molecule has 1 aromatic rings. The predicted octanol–water partition coefficient (Wildman–Crippen LogP) is 2.83. The zero-order valence-electron chi connectivity index (χ0n) is 8.33. The van der Waals surface area contributed by atoms with Crippen molar-refractivity contribution in [3.8, 4) is 0 Å². The molecule has 2 heteroatoms. The van der Waals surface area contributed by atoms with Crippen LogP contribution in [-0.2, 0) is 38.1 Å². The molecule has 0 bridgehead atoms. The molecule has 0 aliphatic rings. The topological polar surface area (TPSA) is 12.9 Å². The molecule has 0 aliphatic heterocycles. The van der Waals surface area contributed by atoms with Gasteiger partial charge < -0.3 is 7.43 Å². The Morgan fingerprint density at radius 1 is 1.17 bits per heavy atom. The molecule has 0 amide bonds. The van der Waals surface area contributed by atoms with E-state index in [0.717, 1.165) is 5.69 Å². The summed E-state index contributed by atoms with van der Waals surface area (Å²) in [5.41, 5.74) is 1.33. The van der Waals surface area contributed by atoms with Crippen LogP contribution in [0.4, 0.5) is 0 Å². The average Bonchev–Trinajstić information content (AvgIpc) is 1.88. The molecule has 1 rings (SSSR count). The third-order valence-electron chi connectivity index (χ3n) is 1.43. The molecular formula is C10H16NY-. The van der Waals surface area contributed by atoms with Gasteiger partial charge in [-0.1, -0.05) is 26.8 Å². The summed E-state index contributed by atoms with van der Waals surface area (Å²) in [6.45, 7) is 6.49. The van der Waals surface area contributed by atoms with Crippen LogP contribution < -0.4 is 0 Å². The van der Waals surface area contributed by atoms with E-state index in [1.54, 1.807) is 0 Å². The average molecular weight is 239 g/mol. The number of pyridine rings is 1. The van der Waals surface area contributed by atoms with E-state index in [-0.39, 0.29) is 45.6 Å². The third-order valence-corrected chi connectivity index (χ3v) is 1.43. The van der Waals surface area contributed by atoms with Crippen LogP contribution in [0.1, 0.15) is 26.5 Å². The van der Waals surface area contributed by atoms with Crippen molar-refractivity contribution in [1.82, 2.24) is 4.98 Å². The fraction of sp³-hybridized carbons (Fsp3) is 0.400. The van der Waals surface area contributed by atoms with E-state index in [0.29, 0.717) is 0 Å². The zero-order chi connectivity index (χ0) is 7.61. The van der Waals surface area contributed by atoms with Crippen LogP contribution in [0, 0.1) is 7.43 Å². The number of aromatic nitrogens is 1. The van der Waals surface area contributed by atoms with Gasteiger partial charge in [0.05, 0.1) is 0 Å². The van der Waals surface area contributed by atoms with E-state index in [2.05, 4.69) is 31.8 Å². The van der Waals surface area contributed by atoms with Crippen molar-refractivity contribution >= 4 is 0 Å². The second-order valence-corrected chi connectivity index (χ2v) is 3.46. The van der Waals surface area contributed by atoms with Gasteiger partial charge in [-0.2, -0.15) is 0 Å². The van der Waals surface area contributed by atoms with Gasteiger partial charge in [0.25, 0.3) is 0 Å². The van der Waals surface area contributed by atoms with Crippen molar-refractivity contribution in [3.05, 3.63) is 37.5 Å². The molecule has 0 saturated heterocycles. The Hall–Kier alpha value is 0.254. The van der Waals surface area contributed by atoms with Crippen LogP contribution in [0.3, 0.4) is 0 Å². The van der Waals surface area contributed by atoms with Gasteiger partial charge in [0, 0.05) is 50.0 Å². The summed E-state index contributed by atoms with van der Waals surface area (Å²) < 4.78 is 0. The molecule has 0 fully saturated rings. The van der Waals surface area contributed by atoms with Crippen molar-refractivity contribution in [2.24, 2.45) is 0 Å². The number of rotatable bonds is 0. The van der Waals surface area contributed by atoms with E-state index in [1.165, 1.54) is 0 Å². The summed E-state index contributed by atoms with van der Waals surface area (Å²) in [6, 6.07) is 6.02. The molecular weight excluding hydrogens is 223 g/mol. The van der Waals surface area contributed by atoms with Crippen molar-refractivity contribution in [2.75, 3.05) is 0 Å². The Balaban J connectivity index is 0. The van der Waals surface area contributed by atoms with Gasteiger partial charge in [0.15, 0.2) is 0 Å². The van der Waals surface area contributed by atoms with Crippen molar-refractivity contribution in [3.63, 3.8) is 0 Å². The minimum absolute atomic E-state index is 0. The van der Waals surface area contributed by atoms with E-state index in [4.69, 9.17) is 0 Å². The van der Waals surface area contributed by atoms with Crippen LogP contribution in [0.5, 0.6) is 0 Å². The first kappa shape index (κ1) is 14.8. The van der Waals surface area contributed by atoms with Gasteiger partial charge in [0.1, 0.15) is 0 Å². The molecule has 0 aliphatic carbocycles. The van der Waals surface area contributed by atoms with Crippen LogP contribution in [0.2, 0.25) is 0 Å². The maximum atomic E-state index is 4.25. The van der Waals surface area contributed by atoms with E-state index < -0.39 is 0 Å². The maximum Gasteiger partial charge on any atom is 0.0457 e. The van der Waals surface area contributed by atoms with Gasteiger partial charge in [-0.25, -0.2) is 0 Å². The molecule has 1 aromatic heterocycles. The SMILES string of the molecule is CC(C)(C)c1ccccn1.[CH3-].[Y]. The molecule has 0 spiro atoms.